The van der Waals surface area contributed by atoms with Crippen LogP contribution in [0.3, 0.4) is 0 Å². The van der Waals surface area contributed by atoms with Gasteiger partial charge in [0.2, 0.25) is 0 Å². The molecule has 0 aromatic carbocycles. The summed E-state index contributed by atoms with van der Waals surface area (Å²) < 4.78 is 0. The molecule has 1 N–H and O–H groups in total. The van der Waals surface area contributed by atoms with Crippen molar-refractivity contribution in [2.75, 3.05) is 13.1 Å². The van der Waals surface area contributed by atoms with Crippen LogP contribution in [-0.4, -0.2) is 23.3 Å². The molecule has 1 aliphatic rings. The van der Waals surface area contributed by atoms with Gasteiger partial charge in [-0.2, -0.15) is 0 Å². The Morgan fingerprint density at radius 1 is 1.64 bits per heavy atom. The highest BCUT2D eigenvalue weighted by molar-refractivity contribution is 7.09. The predicted octanol–water partition coefficient (Wildman–Crippen LogP) is 1.01. The molecule has 2 heterocycles. The minimum Gasteiger partial charge on any atom is -0.316 e. The molecule has 0 bridgehead atoms. The van der Waals surface area contributed by atoms with Crippen molar-refractivity contribution in [1.29, 1.82) is 0 Å². The highest BCUT2D eigenvalue weighted by atomic mass is 32.1. The highest BCUT2D eigenvalue weighted by Crippen LogP contribution is 2.23. The van der Waals surface area contributed by atoms with E-state index in [-0.39, 0.29) is 0 Å². The van der Waals surface area contributed by atoms with Crippen molar-refractivity contribution in [3.63, 3.8) is 0 Å². The molecule has 1 atom stereocenters. The molecule has 2 rings (SSSR count). The SMILES string of the molecule is c1nnc(C2CCCNC2)s1. The number of hydrogen-bond acceptors (Lipinski definition) is 4. The maximum atomic E-state index is 4.07. The summed E-state index contributed by atoms with van der Waals surface area (Å²) >= 11 is 1.67. The van der Waals surface area contributed by atoms with Crippen molar-refractivity contribution < 1.29 is 0 Å². The van der Waals surface area contributed by atoms with Crippen molar-refractivity contribution in [3.8, 4) is 0 Å². The molecule has 1 fully saturated rings. The zero-order valence-electron chi connectivity index (χ0n) is 6.29. The molecule has 1 saturated heterocycles. The van der Waals surface area contributed by atoms with Crippen LogP contribution in [0.4, 0.5) is 0 Å². The van der Waals surface area contributed by atoms with E-state index in [0.29, 0.717) is 5.92 Å². The highest BCUT2D eigenvalue weighted by Gasteiger charge is 2.17. The van der Waals surface area contributed by atoms with Crippen molar-refractivity contribution in [2.24, 2.45) is 0 Å². The summed E-state index contributed by atoms with van der Waals surface area (Å²) in [6.45, 7) is 2.24. The molecule has 0 spiro atoms. The summed E-state index contributed by atoms with van der Waals surface area (Å²) in [7, 11) is 0. The van der Waals surface area contributed by atoms with E-state index < -0.39 is 0 Å². The van der Waals surface area contributed by atoms with Crippen molar-refractivity contribution >= 4 is 11.3 Å². The van der Waals surface area contributed by atoms with Crippen molar-refractivity contribution in [2.45, 2.75) is 18.8 Å². The molecule has 4 heteroatoms. The van der Waals surface area contributed by atoms with Gasteiger partial charge in [-0.05, 0) is 19.4 Å². The van der Waals surface area contributed by atoms with E-state index in [1.807, 2.05) is 5.51 Å². The van der Waals surface area contributed by atoms with E-state index in [9.17, 15) is 0 Å². The fourth-order valence-corrected chi connectivity index (χ4v) is 2.11. The Bertz CT molecular complexity index is 203. The summed E-state index contributed by atoms with van der Waals surface area (Å²) in [6.07, 6.45) is 2.53. The normalized spacial score (nSPS) is 25.3. The second-order valence-electron chi connectivity index (χ2n) is 2.82. The van der Waals surface area contributed by atoms with Crippen LogP contribution < -0.4 is 5.32 Å². The molecule has 0 aliphatic carbocycles. The Morgan fingerprint density at radius 2 is 2.64 bits per heavy atom. The fourth-order valence-electron chi connectivity index (χ4n) is 1.42. The van der Waals surface area contributed by atoms with E-state index in [1.165, 1.54) is 17.8 Å². The topological polar surface area (TPSA) is 37.8 Å². The Morgan fingerprint density at radius 3 is 3.27 bits per heavy atom. The molecule has 0 radical (unpaired) electrons. The lowest BCUT2D eigenvalue weighted by atomic mass is 10.0. The number of aromatic nitrogens is 2. The maximum Gasteiger partial charge on any atom is 0.121 e. The Labute approximate surface area is 69.8 Å². The Balaban J connectivity index is 2.04. The molecule has 1 unspecified atom stereocenters. The third-order valence-electron chi connectivity index (χ3n) is 2.02. The van der Waals surface area contributed by atoms with Gasteiger partial charge in [-0.3, -0.25) is 0 Å². The molecule has 1 aromatic rings. The molecule has 1 aromatic heterocycles. The lowest BCUT2D eigenvalue weighted by Gasteiger charge is -2.19. The average molecular weight is 169 g/mol. The third kappa shape index (κ3) is 1.57. The third-order valence-corrected chi connectivity index (χ3v) is 2.88. The predicted molar refractivity (Wildman–Crippen MR) is 44.8 cm³/mol. The van der Waals surface area contributed by atoms with Crippen LogP contribution in [-0.2, 0) is 0 Å². The molecule has 0 saturated carbocycles. The minimum absolute atomic E-state index is 0.622. The first-order chi connectivity index (χ1) is 5.47. The molecule has 0 amide bonds. The Kier molecular flexibility index (Phi) is 2.14. The van der Waals surface area contributed by atoms with Crippen LogP contribution in [0.5, 0.6) is 0 Å². The lowest BCUT2D eigenvalue weighted by molar-refractivity contribution is 0.458. The zero-order valence-corrected chi connectivity index (χ0v) is 7.10. The van der Waals surface area contributed by atoms with E-state index in [1.54, 1.807) is 11.3 Å². The van der Waals surface area contributed by atoms with Crippen LogP contribution in [0.1, 0.15) is 23.8 Å². The van der Waals surface area contributed by atoms with Crippen LogP contribution in [0, 0.1) is 0 Å². The molecule has 11 heavy (non-hydrogen) atoms. The van der Waals surface area contributed by atoms with E-state index in [2.05, 4.69) is 15.5 Å². The van der Waals surface area contributed by atoms with Gasteiger partial charge in [0.1, 0.15) is 10.5 Å². The second kappa shape index (κ2) is 3.28. The minimum atomic E-state index is 0.622. The number of hydrogen-bond donors (Lipinski definition) is 1. The summed E-state index contributed by atoms with van der Waals surface area (Å²) in [5.74, 6) is 0.622. The summed E-state index contributed by atoms with van der Waals surface area (Å²) in [4.78, 5) is 0. The van der Waals surface area contributed by atoms with Crippen LogP contribution in [0.15, 0.2) is 5.51 Å². The number of rotatable bonds is 1. The van der Waals surface area contributed by atoms with Gasteiger partial charge in [-0.15, -0.1) is 21.5 Å². The monoisotopic (exact) mass is 169 g/mol. The molecule has 3 nitrogen and oxygen atoms in total. The second-order valence-corrected chi connectivity index (χ2v) is 3.69. The first kappa shape index (κ1) is 7.18. The van der Waals surface area contributed by atoms with Gasteiger partial charge in [0.25, 0.3) is 0 Å². The van der Waals surface area contributed by atoms with Gasteiger partial charge < -0.3 is 5.32 Å². The molecular weight excluding hydrogens is 158 g/mol. The van der Waals surface area contributed by atoms with Gasteiger partial charge in [0.15, 0.2) is 0 Å². The lowest BCUT2D eigenvalue weighted by Crippen LogP contribution is -2.28. The van der Waals surface area contributed by atoms with E-state index in [0.717, 1.165) is 13.1 Å². The number of piperidine rings is 1. The smallest absolute Gasteiger partial charge is 0.121 e. The zero-order chi connectivity index (χ0) is 7.52. The quantitative estimate of drug-likeness (QED) is 0.681. The first-order valence-corrected chi connectivity index (χ1v) is 4.81. The van der Waals surface area contributed by atoms with Gasteiger partial charge in [0.05, 0.1) is 0 Å². The van der Waals surface area contributed by atoms with Crippen LogP contribution >= 0.6 is 11.3 Å². The Hall–Kier alpha value is -0.480. The van der Waals surface area contributed by atoms with Crippen LogP contribution in [0.25, 0.3) is 0 Å². The first-order valence-electron chi connectivity index (χ1n) is 3.93. The van der Waals surface area contributed by atoms with Gasteiger partial charge >= 0.3 is 0 Å². The summed E-state index contributed by atoms with van der Waals surface area (Å²) in [5.41, 5.74) is 1.81. The van der Waals surface area contributed by atoms with E-state index >= 15 is 0 Å². The largest absolute Gasteiger partial charge is 0.316 e. The van der Waals surface area contributed by atoms with Crippen molar-refractivity contribution in [1.82, 2.24) is 15.5 Å². The standard InChI is InChI=1S/C7H11N3S/c1-2-6(4-8-3-1)7-10-9-5-11-7/h5-6,8H,1-4H2. The molecule has 60 valence electrons. The average Bonchev–Trinajstić information content (AvgIpc) is 2.58. The van der Waals surface area contributed by atoms with Gasteiger partial charge in [-0.25, -0.2) is 0 Å². The fraction of sp³-hybridized carbons (Fsp3) is 0.714. The number of nitrogens with one attached hydrogen (secondary N) is 1. The van der Waals surface area contributed by atoms with Crippen LogP contribution in [0.2, 0.25) is 0 Å². The molecular formula is C7H11N3S. The molecule has 1 aliphatic heterocycles. The maximum absolute atomic E-state index is 4.07. The number of nitrogens with zero attached hydrogens (tertiary/aromatic N) is 2. The summed E-state index contributed by atoms with van der Waals surface area (Å²) in [6, 6.07) is 0. The summed E-state index contributed by atoms with van der Waals surface area (Å²) in [5, 5.41) is 12.5. The van der Waals surface area contributed by atoms with Crippen molar-refractivity contribution in [3.05, 3.63) is 10.5 Å². The van der Waals surface area contributed by atoms with Gasteiger partial charge in [-0.1, -0.05) is 0 Å². The van der Waals surface area contributed by atoms with E-state index in [4.69, 9.17) is 0 Å². The van der Waals surface area contributed by atoms with Gasteiger partial charge in [0, 0.05) is 12.5 Å².